The van der Waals surface area contributed by atoms with Crippen LogP contribution in [0.1, 0.15) is 24.0 Å². The Hall–Kier alpha value is -3.63. The molecule has 0 saturated heterocycles. The lowest BCUT2D eigenvalue weighted by Crippen LogP contribution is -2.11. The van der Waals surface area contributed by atoms with Crippen molar-refractivity contribution in [1.82, 2.24) is 9.97 Å². The second-order valence-electron chi connectivity index (χ2n) is 8.33. The van der Waals surface area contributed by atoms with Gasteiger partial charge in [-0.25, -0.2) is 4.98 Å². The van der Waals surface area contributed by atoms with Gasteiger partial charge in [-0.05, 0) is 73.9 Å². The van der Waals surface area contributed by atoms with Crippen molar-refractivity contribution in [3.8, 4) is 11.4 Å². The lowest BCUT2D eigenvalue weighted by atomic mass is 10.0. The first-order chi connectivity index (χ1) is 16.1. The van der Waals surface area contributed by atoms with Crippen molar-refractivity contribution in [2.45, 2.75) is 26.2 Å². The summed E-state index contributed by atoms with van der Waals surface area (Å²) in [5.74, 6) is -0.00118. The van der Waals surface area contributed by atoms with Gasteiger partial charge in [-0.15, -0.1) is 0 Å². The molecule has 2 aromatic heterocycles. The minimum Gasteiger partial charge on any atom is -0.353 e. The molecule has 0 atom stereocenters. The molecule has 0 spiro atoms. The minimum atomic E-state index is -0.00118. The van der Waals surface area contributed by atoms with Crippen LogP contribution in [0.15, 0.2) is 78.9 Å². The zero-order valence-corrected chi connectivity index (χ0v) is 19.1. The molecule has 0 bridgehead atoms. The normalized spacial score (nSPS) is 11.2. The number of aromatic amines is 1. The number of aryl methyl sites for hydroxylation is 2. The monoisotopic (exact) mass is 453 g/mol. The standard InChI is InChI=1S/C28H24ClN3O/c1-18-9-15-25-23(17-18)22(6-4-8-27(33)30-21-13-11-20(29)12-14-21)28(32-25)26-16-10-19-5-2-3-7-24(19)31-26/h2-3,5,7,9-17,32H,4,6,8H2,1H3,(H,30,33). The molecule has 33 heavy (non-hydrogen) atoms. The van der Waals surface area contributed by atoms with E-state index in [0.717, 1.165) is 46.3 Å². The SMILES string of the molecule is Cc1ccc2[nH]c(-c3ccc4ccccc4n3)c(CCCC(=O)Nc3ccc(Cl)cc3)c2c1. The summed E-state index contributed by atoms with van der Waals surface area (Å²) in [7, 11) is 0. The molecule has 4 nitrogen and oxygen atoms in total. The van der Waals surface area contributed by atoms with Gasteiger partial charge in [0.25, 0.3) is 0 Å². The summed E-state index contributed by atoms with van der Waals surface area (Å²) in [6.45, 7) is 2.10. The summed E-state index contributed by atoms with van der Waals surface area (Å²) in [6.07, 6.45) is 1.95. The Bertz CT molecular complexity index is 1450. The van der Waals surface area contributed by atoms with Crippen molar-refractivity contribution in [2.24, 2.45) is 0 Å². The van der Waals surface area contributed by atoms with Crippen molar-refractivity contribution >= 4 is 45.0 Å². The van der Waals surface area contributed by atoms with Gasteiger partial charge in [0.2, 0.25) is 5.91 Å². The number of anilines is 1. The maximum Gasteiger partial charge on any atom is 0.224 e. The number of nitrogens with one attached hydrogen (secondary N) is 2. The van der Waals surface area contributed by atoms with Crippen molar-refractivity contribution in [3.63, 3.8) is 0 Å². The second kappa shape index (κ2) is 9.08. The van der Waals surface area contributed by atoms with Crippen molar-refractivity contribution < 1.29 is 4.79 Å². The number of pyridine rings is 1. The molecule has 5 aromatic rings. The van der Waals surface area contributed by atoms with Gasteiger partial charge in [-0.2, -0.15) is 0 Å². The molecular weight excluding hydrogens is 430 g/mol. The third-order valence-electron chi connectivity index (χ3n) is 5.87. The van der Waals surface area contributed by atoms with Crippen LogP contribution in [0.3, 0.4) is 0 Å². The Morgan fingerprint density at radius 2 is 1.82 bits per heavy atom. The molecule has 1 amide bonds. The molecule has 2 heterocycles. The van der Waals surface area contributed by atoms with Crippen LogP contribution in [0.25, 0.3) is 33.2 Å². The van der Waals surface area contributed by atoms with E-state index in [1.807, 2.05) is 30.3 Å². The molecule has 0 radical (unpaired) electrons. The highest BCUT2D eigenvalue weighted by Gasteiger charge is 2.15. The zero-order valence-electron chi connectivity index (χ0n) is 18.4. The summed E-state index contributed by atoms with van der Waals surface area (Å²) < 4.78 is 0. The fourth-order valence-corrected chi connectivity index (χ4v) is 4.35. The van der Waals surface area contributed by atoms with Crippen molar-refractivity contribution in [1.29, 1.82) is 0 Å². The first kappa shape index (κ1) is 21.2. The molecule has 5 heteroatoms. The van der Waals surface area contributed by atoms with E-state index in [-0.39, 0.29) is 5.91 Å². The molecule has 3 aromatic carbocycles. The molecule has 5 rings (SSSR count). The van der Waals surface area contributed by atoms with Crippen LogP contribution < -0.4 is 5.32 Å². The number of carbonyl (C=O) groups excluding carboxylic acids is 1. The predicted octanol–water partition coefficient (Wildman–Crippen LogP) is 7.31. The number of hydrogen-bond donors (Lipinski definition) is 2. The smallest absolute Gasteiger partial charge is 0.224 e. The number of rotatable bonds is 6. The van der Waals surface area contributed by atoms with Crippen LogP contribution in [0.2, 0.25) is 5.02 Å². The van der Waals surface area contributed by atoms with Crippen LogP contribution >= 0.6 is 11.6 Å². The molecule has 2 N–H and O–H groups in total. The fourth-order valence-electron chi connectivity index (χ4n) is 4.23. The number of H-pyrrole nitrogens is 1. The van der Waals surface area contributed by atoms with Gasteiger partial charge in [-0.3, -0.25) is 4.79 Å². The number of para-hydroxylation sites is 1. The Morgan fingerprint density at radius 3 is 2.67 bits per heavy atom. The maximum atomic E-state index is 12.5. The number of benzene rings is 3. The topological polar surface area (TPSA) is 57.8 Å². The zero-order chi connectivity index (χ0) is 22.8. The highest BCUT2D eigenvalue weighted by Crippen LogP contribution is 2.32. The Labute approximate surface area is 197 Å². The average Bonchev–Trinajstić information content (AvgIpc) is 3.18. The second-order valence-corrected chi connectivity index (χ2v) is 8.76. The summed E-state index contributed by atoms with van der Waals surface area (Å²) in [5, 5.41) is 5.91. The summed E-state index contributed by atoms with van der Waals surface area (Å²) in [4.78, 5) is 21.0. The first-order valence-electron chi connectivity index (χ1n) is 11.1. The molecule has 0 aliphatic rings. The van der Waals surface area contributed by atoms with Crippen molar-refractivity contribution in [2.75, 3.05) is 5.32 Å². The van der Waals surface area contributed by atoms with E-state index in [1.165, 1.54) is 16.5 Å². The number of fused-ring (bicyclic) bond motifs is 2. The lowest BCUT2D eigenvalue weighted by molar-refractivity contribution is -0.116. The van der Waals surface area contributed by atoms with Gasteiger partial charge in [0.05, 0.1) is 16.9 Å². The molecule has 0 aliphatic heterocycles. The van der Waals surface area contributed by atoms with Crippen LogP contribution in [-0.2, 0) is 11.2 Å². The number of halogens is 1. The average molecular weight is 454 g/mol. The Kier molecular flexibility index (Phi) is 5.84. The third kappa shape index (κ3) is 4.62. The first-order valence-corrected chi connectivity index (χ1v) is 11.5. The van der Waals surface area contributed by atoms with E-state index in [9.17, 15) is 4.79 Å². The summed E-state index contributed by atoms with van der Waals surface area (Å²) in [5.41, 5.74) is 7.18. The van der Waals surface area contributed by atoms with Gasteiger partial charge in [0.15, 0.2) is 0 Å². The number of amides is 1. The molecular formula is C28H24ClN3O. The minimum absolute atomic E-state index is 0.00118. The number of aromatic nitrogens is 2. The number of hydrogen-bond acceptors (Lipinski definition) is 2. The quantitative estimate of drug-likeness (QED) is 0.283. The molecule has 164 valence electrons. The molecule has 0 aliphatic carbocycles. The van der Waals surface area contributed by atoms with E-state index in [0.29, 0.717) is 11.4 Å². The van der Waals surface area contributed by atoms with E-state index in [1.54, 1.807) is 12.1 Å². The number of carbonyl (C=O) groups is 1. The van der Waals surface area contributed by atoms with Crippen LogP contribution in [0, 0.1) is 6.92 Å². The van der Waals surface area contributed by atoms with E-state index >= 15 is 0 Å². The Morgan fingerprint density at radius 1 is 1.00 bits per heavy atom. The highest BCUT2D eigenvalue weighted by molar-refractivity contribution is 6.30. The lowest BCUT2D eigenvalue weighted by Gasteiger charge is -2.08. The third-order valence-corrected chi connectivity index (χ3v) is 6.13. The van der Waals surface area contributed by atoms with Crippen molar-refractivity contribution in [3.05, 3.63) is 95.0 Å². The predicted molar refractivity (Wildman–Crippen MR) is 137 cm³/mol. The fraction of sp³-hybridized carbons (Fsp3) is 0.143. The summed E-state index contributed by atoms with van der Waals surface area (Å²) in [6, 6.07) is 25.9. The van der Waals surface area contributed by atoms with Gasteiger partial charge in [0.1, 0.15) is 0 Å². The highest BCUT2D eigenvalue weighted by atomic mass is 35.5. The molecule has 0 unspecified atom stereocenters. The largest absolute Gasteiger partial charge is 0.353 e. The van der Waals surface area contributed by atoms with Crippen LogP contribution in [-0.4, -0.2) is 15.9 Å². The van der Waals surface area contributed by atoms with Crippen LogP contribution in [0.4, 0.5) is 5.69 Å². The maximum absolute atomic E-state index is 12.5. The number of nitrogens with zero attached hydrogens (tertiary/aromatic N) is 1. The summed E-state index contributed by atoms with van der Waals surface area (Å²) >= 11 is 5.92. The van der Waals surface area contributed by atoms with Gasteiger partial charge < -0.3 is 10.3 Å². The molecule has 0 fully saturated rings. The van der Waals surface area contributed by atoms with E-state index < -0.39 is 0 Å². The Balaban J connectivity index is 1.40. The van der Waals surface area contributed by atoms with E-state index in [2.05, 4.69) is 53.6 Å². The molecule has 0 saturated carbocycles. The van der Waals surface area contributed by atoms with Gasteiger partial charge in [0, 0.05) is 33.4 Å². The van der Waals surface area contributed by atoms with Crippen LogP contribution in [0.5, 0.6) is 0 Å². The van der Waals surface area contributed by atoms with E-state index in [4.69, 9.17) is 16.6 Å². The van der Waals surface area contributed by atoms with Gasteiger partial charge >= 0.3 is 0 Å². The van der Waals surface area contributed by atoms with Gasteiger partial charge in [-0.1, -0.05) is 47.5 Å².